The van der Waals surface area contributed by atoms with Crippen LogP contribution in [0.15, 0.2) is 48.7 Å². The van der Waals surface area contributed by atoms with Crippen molar-refractivity contribution in [2.75, 3.05) is 13.7 Å². The summed E-state index contributed by atoms with van der Waals surface area (Å²) >= 11 is 0. The van der Waals surface area contributed by atoms with Gasteiger partial charge in [-0.15, -0.1) is 0 Å². The fraction of sp³-hybridized carbons (Fsp3) is 0.333. The van der Waals surface area contributed by atoms with E-state index in [0.29, 0.717) is 17.9 Å². The number of amides is 1. The van der Waals surface area contributed by atoms with E-state index in [1.807, 2.05) is 24.3 Å². The maximum absolute atomic E-state index is 13.7. The van der Waals surface area contributed by atoms with Crippen LogP contribution < -0.4 is 0 Å². The van der Waals surface area contributed by atoms with E-state index in [2.05, 4.69) is 4.98 Å². The summed E-state index contributed by atoms with van der Waals surface area (Å²) in [6.45, 7) is 0.610. The highest BCUT2D eigenvalue weighted by molar-refractivity contribution is 5.81. The lowest BCUT2D eigenvalue weighted by Crippen LogP contribution is -2.39. The molecular formula is C18H19FN2O2. The van der Waals surface area contributed by atoms with Crippen molar-refractivity contribution in [3.8, 4) is 0 Å². The highest BCUT2D eigenvalue weighted by Gasteiger charge is 2.32. The van der Waals surface area contributed by atoms with Crippen LogP contribution in [-0.4, -0.2) is 35.5 Å². The average molecular weight is 314 g/mol. The van der Waals surface area contributed by atoms with Crippen LogP contribution in [0.4, 0.5) is 4.39 Å². The molecule has 0 N–H and O–H groups in total. The van der Waals surface area contributed by atoms with Gasteiger partial charge in [-0.25, -0.2) is 4.39 Å². The van der Waals surface area contributed by atoms with Crippen molar-refractivity contribution in [2.24, 2.45) is 0 Å². The molecule has 4 nitrogen and oxygen atoms in total. The molecule has 2 atom stereocenters. The zero-order valence-corrected chi connectivity index (χ0v) is 13.0. The minimum absolute atomic E-state index is 0.0950. The third-order valence-electron chi connectivity index (χ3n) is 4.07. The Balaban J connectivity index is 1.96. The number of carbonyl (C=O) groups excluding carboxylic acids is 1. The average Bonchev–Trinajstić information content (AvgIpc) is 3.10. The molecule has 1 fully saturated rings. The Kier molecular flexibility index (Phi) is 4.67. The Hall–Kier alpha value is -2.27. The second kappa shape index (κ2) is 6.87. The van der Waals surface area contributed by atoms with Crippen LogP contribution >= 0.6 is 0 Å². The van der Waals surface area contributed by atoms with Crippen molar-refractivity contribution in [2.45, 2.75) is 25.0 Å². The summed E-state index contributed by atoms with van der Waals surface area (Å²) in [4.78, 5) is 18.7. The Morgan fingerprint density at radius 2 is 2.22 bits per heavy atom. The first-order chi connectivity index (χ1) is 11.2. The number of halogens is 1. The fourth-order valence-corrected chi connectivity index (χ4v) is 2.93. The van der Waals surface area contributed by atoms with Crippen LogP contribution in [0.1, 0.15) is 30.1 Å². The number of nitrogens with zero attached hydrogens (tertiary/aromatic N) is 2. The van der Waals surface area contributed by atoms with Gasteiger partial charge in [-0.05, 0) is 42.7 Å². The predicted molar refractivity (Wildman–Crippen MR) is 84.2 cm³/mol. The van der Waals surface area contributed by atoms with Crippen LogP contribution in [0.2, 0.25) is 0 Å². The normalized spacial score (nSPS) is 18.6. The Morgan fingerprint density at radius 1 is 1.35 bits per heavy atom. The third kappa shape index (κ3) is 3.40. The smallest absolute Gasteiger partial charge is 0.252 e. The number of aromatic nitrogens is 1. The highest BCUT2D eigenvalue weighted by Crippen LogP contribution is 2.28. The summed E-state index contributed by atoms with van der Waals surface area (Å²) in [5.41, 5.74) is 1.39. The zero-order valence-electron chi connectivity index (χ0n) is 13.0. The molecule has 1 aliphatic rings. The molecule has 120 valence electrons. The second-order valence-electron chi connectivity index (χ2n) is 5.66. The van der Waals surface area contributed by atoms with E-state index in [0.717, 1.165) is 12.8 Å². The molecule has 1 aromatic heterocycles. The van der Waals surface area contributed by atoms with Gasteiger partial charge in [-0.2, -0.15) is 0 Å². The van der Waals surface area contributed by atoms with Gasteiger partial charge in [0.15, 0.2) is 0 Å². The Bertz CT molecular complexity index is 672. The number of hydrogen-bond acceptors (Lipinski definition) is 3. The van der Waals surface area contributed by atoms with Crippen molar-refractivity contribution in [3.63, 3.8) is 0 Å². The van der Waals surface area contributed by atoms with Crippen LogP contribution in [0.3, 0.4) is 0 Å². The van der Waals surface area contributed by atoms with Crippen molar-refractivity contribution < 1.29 is 13.9 Å². The van der Waals surface area contributed by atoms with Gasteiger partial charge in [-0.1, -0.05) is 18.2 Å². The highest BCUT2D eigenvalue weighted by atomic mass is 19.1. The van der Waals surface area contributed by atoms with E-state index < -0.39 is 12.1 Å². The lowest BCUT2D eigenvalue weighted by molar-refractivity contribution is -0.141. The van der Waals surface area contributed by atoms with E-state index in [-0.39, 0.29) is 11.7 Å². The monoisotopic (exact) mass is 314 g/mol. The number of ether oxygens (including phenoxy) is 1. The summed E-state index contributed by atoms with van der Waals surface area (Å²) in [6, 6.07) is 11.4. The van der Waals surface area contributed by atoms with Crippen LogP contribution in [0.25, 0.3) is 0 Å². The van der Waals surface area contributed by atoms with Crippen LogP contribution in [-0.2, 0) is 9.53 Å². The van der Waals surface area contributed by atoms with Crippen molar-refractivity contribution in [3.05, 3.63) is 65.7 Å². The number of likely N-dealkylation sites (N-methyl/N-ethyl adjacent to an activating group) is 1. The Morgan fingerprint density at radius 3 is 2.87 bits per heavy atom. The minimum Gasteiger partial charge on any atom is -0.368 e. The summed E-state index contributed by atoms with van der Waals surface area (Å²) in [5.74, 6) is -0.427. The first kappa shape index (κ1) is 15.6. The van der Waals surface area contributed by atoms with Gasteiger partial charge in [0.25, 0.3) is 5.91 Å². The van der Waals surface area contributed by atoms with E-state index in [1.165, 1.54) is 12.1 Å². The molecule has 1 aromatic carbocycles. The molecule has 1 saturated heterocycles. The lowest BCUT2D eigenvalue weighted by Gasteiger charge is -2.30. The SMILES string of the molecule is CN(C(=O)C1CCCO1)C(c1cccc(F)c1)c1ccccn1. The number of benzene rings is 1. The molecule has 23 heavy (non-hydrogen) atoms. The Labute approximate surface area is 134 Å². The number of hydrogen-bond donors (Lipinski definition) is 0. The van der Waals surface area contributed by atoms with Gasteiger partial charge < -0.3 is 9.64 Å². The third-order valence-corrected chi connectivity index (χ3v) is 4.07. The zero-order chi connectivity index (χ0) is 16.2. The maximum atomic E-state index is 13.7. The van der Waals surface area contributed by atoms with Crippen molar-refractivity contribution >= 4 is 5.91 Å². The molecular weight excluding hydrogens is 295 g/mol. The molecule has 0 spiro atoms. The summed E-state index contributed by atoms with van der Waals surface area (Å²) in [7, 11) is 1.72. The van der Waals surface area contributed by atoms with Crippen molar-refractivity contribution in [1.29, 1.82) is 0 Å². The summed E-state index contributed by atoms with van der Waals surface area (Å²) < 4.78 is 19.2. The molecule has 3 rings (SSSR count). The molecule has 0 bridgehead atoms. The topological polar surface area (TPSA) is 42.4 Å². The van der Waals surface area contributed by atoms with Gasteiger partial charge >= 0.3 is 0 Å². The van der Waals surface area contributed by atoms with Crippen LogP contribution in [0.5, 0.6) is 0 Å². The lowest BCUT2D eigenvalue weighted by atomic mass is 10.0. The van der Waals surface area contributed by atoms with Gasteiger partial charge in [0, 0.05) is 19.9 Å². The molecule has 0 radical (unpaired) electrons. The van der Waals surface area contributed by atoms with E-state index >= 15 is 0 Å². The molecule has 2 heterocycles. The van der Waals surface area contributed by atoms with E-state index in [1.54, 1.807) is 24.2 Å². The van der Waals surface area contributed by atoms with Gasteiger partial charge in [0.1, 0.15) is 11.9 Å². The molecule has 2 aromatic rings. The first-order valence-electron chi connectivity index (χ1n) is 7.71. The fourth-order valence-electron chi connectivity index (χ4n) is 2.93. The molecule has 1 amide bonds. The standard InChI is InChI=1S/C18H19FN2O2/c1-21(18(22)16-9-5-11-23-16)17(15-8-2-3-10-20-15)13-6-4-7-14(19)12-13/h2-4,6-8,10,12,16-17H,5,9,11H2,1H3. The molecule has 0 saturated carbocycles. The first-order valence-corrected chi connectivity index (χ1v) is 7.71. The van der Waals surface area contributed by atoms with Gasteiger partial charge in [0.05, 0.1) is 11.7 Å². The number of rotatable bonds is 4. The maximum Gasteiger partial charge on any atom is 0.252 e. The predicted octanol–water partition coefficient (Wildman–Crippen LogP) is 2.95. The molecule has 5 heteroatoms. The number of carbonyl (C=O) groups is 1. The van der Waals surface area contributed by atoms with E-state index in [4.69, 9.17) is 4.74 Å². The second-order valence-corrected chi connectivity index (χ2v) is 5.66. The molecule has 0 aliphatic carbocycles. The molecule has 1 aliphatic heterocycles. The van der Waals surface area contributed by atoms with Crippen molar-refractivity contribution in [1.82, 2.24) is 9.88 Å². The quantitative estimate of drug-likeness (QED) is 0.871. The summed E-state index contributed by atoms with van der Waals surface area (Å²) in [5, 5.41) is 0. The minimum atomic E-state index is -0.441. The number of pyridine rings is 1. The molecule has 2 unspecified atom stereocenters. The van der Waals surface area contributed by atoms with Gasteiger partial charge in [0.2, 0.25) is 0 Å². The summed E-state index contributed by atoms with van der Waals surface area (Å²) in [6.07, 6.45) is 2.87. The van der Waals surface area contributed by atoms with Crippen LogP contribution in [0, 0.1) is 5.82 Å². The largest absolute Gasteiger partial charge is 0.368 e. The van der Waals surface area contributed by atoms with E-state index in [9.17, 15) is 9.18 Å². The van der Waals surface area contributed by atoms with Gasteiger partial charge in [-0.3, -0.25) is 9.78 Å².